The third-order valence-electron chi connectivity index (χ3n) is 5.09. The van der Waals surface area contributed by atoms with Crippen molar-refractivity contribution in [2.75, 3.05) is 19.6 Å². The Morgan fingerprint density at radius 3 is 2.77 bits per heavy atom. The zero-order valence-electron chi connectivity index (χ0n) is 13.7. The molecule has 2 unspecified atom stereocenters. The zero-order chi connectivity index (χ0) is 15.0. The number of aromatic nitrogens is 2. The Morgan fingerprint density at radius 1 is 1.32 bits per heavy atom. The van der Waals surface area contributed by atoms with E-state index in [2.05, 4.69) is 29.2 Å². The maximum absolute atomic E-state index is 13.0. The Balaban J connectivity index is 0.00000176. The number of rotatable bonds is 2. The first-order chi connectivity index (χ1) is 10.1. The van der Waals surface area contributed by atoms with Crippen molar-refractivity contribution < 1.29 is 4.79 Å². The van der Waals surface area contributed by atoms with E-state index in [0.29, 0.717) is 17.9 Å². The lowest BCUT2D eigenvalue weighted by molar-refractivity contribution is -0.139. The number of amides is 1. The molecule has 22 heavy (non-hydrogen) atoms. The number of carbonyl (C=O) groups is 1. The van der Waals surface area contributed by atoms with Gasteiger partial charge in [0.25, 0.3) is 0 Å². The molecule has 4 atom stereocenters. The first-order valence-corrected chi connectivity index (χ1v) is 8.06. The summed E-state index contributed by atoms with van der Waals surface area (Å²) >= 11 is 0. The van der Waals surface area contributed by atoms with E-state index in [1.54, 1.807) is 0 Å². The van der Waals surface area contributed by atoms with Crippen LogP contribution in [0, 0.1) is 11.8 Å². The number of nitrogens with one attached hydrogen (secondary N) is 1. The smallest absolute Gasteiger partial charge is 0.227 e. The van der Waals surface area contributed by atoms with Crippen molar-refractivity contribution in [1.29, 1.82) is 0 Å². The molecule has 2 fully saturated rings. The van der Waals surface area contributed by atoms with Crippen molar-refractivity contribution in [2.45, 2.75) is 38.6 Å². The number of carbonyl (C=O) groups excluding carboxylic acids is 1. The summed E-state index contributed by atoms with van der Waals surface area (Å²) in [5.74, 6) is 1.27. The zero-order valence-corrected chi connectivity index (χ0v) is 14.5. The second-order valence-corrected chi connectivity index (χ2v) is 6.84. The van der Waals surface area contributed by atoms with Crippen molar-refractivity contribution in [3.8, 4) is 0 Å². The molecule has 0 aliphatic carbocycles. The van der Waals surface area contributed by atoms with Gasteiger partial charge in [-0.25, -0.2) is 0 Å². The maximum Gasteiger partial charge on any atom is 0.227 e. The quantitative estimate of drug-likeness (QED) is 0.901. The fraction of sp³-hybridized carbons (Fsp3) is 0.750. The van der Waals surface area contributed by atoms with E-state index >= 15 is 0 Å². The van der Waals surface area contributed by atoms with Crippen LogP contribution in [0.2, 0.25) is 0 Å². The third kappa shape index (κ3) is 3.30. The minimum atomic E-state index is 0. The van der Waals surface area contributed by atoms with Crippen LogP contribution in [0.4, 0.5) is 0 Å². The molecule has 3 heterocycles. The molecule has 2 aliphatic rings. The molecule has 0 radical (unpaired) electrons. The summed E-state index contributed by atoms with van der Waals surface area (Å²) in [4.78, 5) is 15.1. The van der Waals surface area contributed by atoms with Gasteiger partial charge in [-0.3, -0.25) is 9.48 Å². The number of halogens is 1. The highest BCUT2D eigenvalue weighted by Gasteiger charge is 2.39. The topological polar surface area (TPSA) is 50.2 Å². The lowest BCUT2D eigenvalue weighted by atomic mass is 9.87. The number of hydrogen-bond acceptors (Lipinski definition) is 3. The van der Waals surface area contributed by atoms with Crippen LogP contribution in [0.5, 0.6) is 0 Å². The fourth-order valence-corrected chi connectivity index (χ4v) is 3.73. The molecule has 6 heteroatoms. The predicted octanol–water partition coefficient (Wildman–Crippen LogP) is 1.79. The Morgan fingerprint density at radius 2 is 2.09 bits per heavy atom. The van der Waals surface area contributed by atoms with Crippen LogP contribution in [0.1, 0.15) is 38.2 Å². The molecule has 3 rings (SSSR count). The first-order valence-electron chi connectivity index (χ1n) is 8.06. The molecule has 2 aliphatic heterocycles. The van der Waals surface area contributed by atoms with E-state index in [-0.39, 0.29) is 24.2 Å². The van der Waals surface area contributed by atoms with Gasteiger partial charge in [0.15, 0.2) is 0 Å². The summed E-state index contributed by atoms with van der Waals surface area (Å²) < 4.78 is 1.82. The Kier molecular flexibility index (Phi) is 5.50. The summed E-state index contributed by atoms with van der Waals surface area (Å²) in [6, 6.07) is 0.379. The maximum atomic E-state index is 13.0. The van der Waals surface area contributed by atoms with Gasteiger partial charge >= 0.3 is 0 Å². The molecule has 5 nitrogen and oxygen atoms in total. The molecule has 0 aromatic carbocycles. The van der Waals surface area contributed by atoms with Crippen molar-refractivity contribution in [3.63, 3.8) is 0 Å². The normalized spacial score (nSPS) is 31.9. The van der Waals surface area contributed by atoms with Crippen LogP contribution in [0.15, 0.2) is 12.4 Å². The van der Waals surface area contributed by atoms with Crippen molar-refractivity contribution >= 4 is 18.3 Å². The van der Waals surface area contributed by atoms with Crippen LogP contribution in [0.3, 0.4) is 0 Å². The molecular formula is C16H27ClN4O. The van der Waals surface area contributed by atoms with Crippen LogP contribution < -0.4 is 5.32 Å². The van der Waals surface area contributed by atoms with E-state index in [1.165, 1.54) is 12.0 Å². The van der Waals surface area contributed by atoms with Crippen molar-refractivity contribution in [3.05, 3.63) is 18.0 Å². The van der Waals surface area contributed by atoms with Gasteiger partial charge < -0.3 is 10.2 Å². The molecule has 1 N–H and O–H groups in total. The molecule has 1 aromatic heterocycles. The van der Waals surface area contributed by atoms with Gasteiger partial charge in [0.05, 0.1) is 12.1 Å². The number of hydrogen-bond donors (Lipinski definition) is 1. The molecular weight excluding hydrogens is 300 g/mol. The Bertz CT molecular complexity index is 518. The van der Waals surface area contributed by atoms with Crippen LogP contribution in [-0.4, -0.2) is 46.3 Å². The molecule has 0 saturated carbocycles. The van der Waals surface area contributed by atoms with Gasteiger partial charge in [-0.05, 0) is 31.2 Å². The lowest BCUT2D eigenvalue weighted by Gasteiger charge is -2.39. The van der Waals surface area contributed by atoms with Gasteiger partial charge in [0.1, 0.15) is 0 Å². The van der Waals surface area contributed by atoms with E-state index in [9.17, 15) is 4.79 Å². The third-order valence-corrected chi connectivity index (χ3v) is 5.09. The van der Waals surface area contributed by atoms with Crippen LogP contribution >= 0.6 is 12.4 Å². The monoisotopic (exact) mass is 326 g/mol. The summed E-state index contributed by atoms with van der Waals surface area (Å²) in [6.45, 7) is 7.01. The SMILES string of the molecule is CC1CCC(C)N(C(=O)[C@H]2CNC[C@@H]2c2cnn(C)c2)C1.Cl. The van der Waals surface area contributed by atoms with E-state index in [1.807, 2.05) is 24.1 Å². The van der Waals surface area contributed by atoms with E-state index in [0.717, 1.165) is 26.1 Å². The van der Waals surface area contributed by atoms with Crippen molar-refractivity contribution in [1.82, 2.24) is 20.0 Å². The fourth-order valence-electron chi connectivity index (χ4n) is 3.73. The highest BCUT2D eigenvalue weighted by Crippen LogP contribution is 2.32. The predicted molar refractivity (Wildman–Crippen MR) is 89.1 cm³/mol. The highest BCUT2D eigenvalue weighted by atomic mass is 35.5. The summed E-state index contributed by atoms with van der Waals surface area (Å²) in [5.41, 5.74) is 1.18. The number of aryl methyl sites for hydroxylation is 1. The lowest BCUT2D eigenvalue weighted by Crippen LogP contribution is -2.48. The Hall–Kier alpha value is -1.07. The molecule has 2 saturated heterocycles. The minimum Gasteiger partial charge on any atom is -0.339 e. The van der Waals surface area contributed by atoms with Gasteiger partial charge in [-0.15, -0.1) is 12.4 Å². The standard InChI is InChI=1S/C16H26N4O.ClH/c1-11-4-5-12(2)20(9-11)16(21)15-8-17-7-14(15)13-6-18-19(3)10-13;/h6,10-12,14-15,17H,4-5,7-9H2,1-3H3;1H/t11?,12?,14-,15+;/m1./s1. The molecule has 1 aromatic rings. The Labute approximate surface area is 138 Å². The molecule has 1 amide bonds. The van der Waals surface area contributed by atoms with E-state index < -0.39 is 0 Å². The summed E-state index contributed by atoms with van der Waals surface area (Å²) in [7, 11) is 1.93. The van der Waals surface area contributed by atoms with Gasteiger partial charge in [-0.1, -0.05) is 6.92 Å². The van der Waals surface area contributed by atoms with Crippen molar-refractivity contribution in [2.24, 2.45) is 18.9 Å². The second-order valence-electron chi connectivity index (χ2n) is 6.84. The number of nitrogens with zero attached hydrogens (tertiary/aromatic N) is 3. The minimum absolute atomic E-state index is 0. The second kappa shape index (κ2) is 7.01. The van der Waals surface area contributed by atoms with Crippen LogP contribution in [0.25, 0.3) is 0 Å². The summed E-state index contributed by atoms with van der Waals surface area (Å²) in [5, 5.41) is 7.65. The highest BCUT2D eigenvalue weighted by molar-refractivity contribution is 5.85. The number of likely N-dealkylation sites (tertiary alicyclic amines) is 1. The van der Waals surface area contributed by atoms with Crippen LogP contribution in [-0.2, 0) is 11.8 Å². The largest absolute Gasteiger partial charge is 0.339 e. The van der Waals surface area contributed by atoms with Gasteiger partial charge in [0.2, 0.25) is 5.91 Å². The van der Waals surface area contributed by atoms with Gasteiger partial charge in [0, 0.05) is 44.8 Å². The average Bonchev–Trinajstić information content (AvgIpc) is 3.09. The molecule has 0 bridgehead atoms. The number of piperidine rings is 1. The van der Waals surface area contributed by atoms with E-state index in [4.69, 9.17) is 0 Å². The molecule has 124 valence electrons. The van der Waals surface area contributed by atoms with Gasteiger partial charge in [-0.2, -0.15) is 5.10 Å². The first kappa shape index (κ1) is 17.3. The average molecular weight is 327 g/mol. The summed E-state index contributed by atoms with van der Waals surface area (Å²) in [6.07, 6.45) is 6.31. The molecule has 0 spiro atoms.